The molecule has 0 bridgehead atoms. The molecule has 0 saturated carbocycles. The van der Waals surface area contributed by atoms with Crippen LogP contribution in [0.5, 0.6) is 0 Å². The molecule has 0 fully saturated rings. The van der Waals surface area contributed by atoms with E-state index in [1.54, 1.807) is 7.05 Å². The summed E-state index contributed by atoms with van der Waals surface area (Å²) in [6.45, 7) is 0.557. The zero-order valence-corrected chi connectivity index (χ0v) is 9.04. The molecule has 1 aromatic rings. The molecule has 0 aliphatic carbocycles. The van der Waals surface area contributed by atoms with E-state index in [9.17, 15) is 4.79 Å². The molecule has 0 aromatic heterocycles. The van der Waals surface area contributed by atoms with E-state index in [2.05, 4.69) is 10.6 Å². The van der Waals surface area contributed by atoms with Gasteiger partial charge in [0.05, 0.1) is 6.61 Å². The van der Waals surface area contributed by atoms with Crippen molar-refractivity contribution in [3.8, 4) is 0 Å². The van der Waals surface area contributed by atoms with Crippen LogP contribution in [0.1, 0.15) is 5.56 Å². The standard InChI is InChI=1S/C11H16N2O2/c1-12-10-5-3-9(4-6-10)7-15-8-11(14)13-2/h3-6,12H,7-8H2,1-2H3,(H,13,14). The van der Waals surface area contributed by atoms with Gasteiger partial charge in [-0.2, -0.15) is 0 Å². The van der Waals surface area contributed by atoms with Gasteiger partial charge in [-0.1, -0.05) is 12.1 Å². The molecule has 0 heterocycles. The van der Waals surface area contributed by atoms with Gasteiger partial charge in [0.1, 0.15) is 6.61 Å². The van der Waals surface area contributed by atoms with Gasteiger partial charge in [-0.05, 0) is 17.7 Å². The molecule has 1 rings (SSSR count). The van der Waals surface area contributed by atoms with E-state index < -0.39 is 0 Å². The molecular weight excluding hydrogens is 192 g/mol. The average molecular weight is 208 g/mol. The first-order valence-corrected chi connectivity index (χ1v) is 4.81. The number of amides is 1. The summed E-state index contributed by atoms with van der Waals surface area (Å²) in [5.74, 6) is -0.109. The highest BCUT2D eigenvalue weighted by Gasteiger charge is 1.98. The van der Waals surface area contributed by atoms with Gasteiger partial charge in [-0.3, -0.25) is 4.79 Å². The monoisotopic (exact) mass is 208 g/mol. The Balaban J connectivity index is 2.34. The van der Waals surface area contributed by atoms with Crippen LogP contribution in [0.3, 0.4) is 0 Å². The molecule has 4 nitrogen and oxygen atoms in total. The van der Waals surface area contributed by atoms with Crippen LogP contribution in [-0.2, 0) is 16.1 Å². The molecule has 0 saturated heterocycles. The third kappa shape index (κ3) is 3.99. The quantitative estimate of drug-likeness (QED) is 0.758. The molecule has 0 atom stereocenters. The van der Waals surface area contributed by atoms with Gasteiger partial charge in [0, 0.05) is 19.8 Å². The van der Waals surface area contributed by atoms with Crippen LogP contribution >= 0.6 is 0 Å². The molecule has 0 aliphatic rings. The molecule has 0 unspecified atom stereocenters. The molecule has 2 N–H and O–H groups in total. The summed E-state index contributed by atoms with van der Waals surface area (Å²) >= 11 is 0. The zero-order chi connectivity index (χ0) is 11.1. The lowest BCUT2D eigenvalue weighted by Crippen LogP contribution is -2.23. The summed E-state index contributed by atoms with van der Waals surface area (Å²) in [5, 5.41) is 5.53. The van der Waals surface area contributed by atoms with E-state index in [1.165, 1.54) is 0 Å². The van der Waals surface area contributed by atoms with Gasteiger partial charge in [0.2, 0.25) is 5.91 Å². The van der Waals surface area contributed by atoms with Gasteiger partial charge in [0.15, 0.2) is 0 Å². The first-order chi connectivity index (χ1) is 7.26. The fourth-order valence-electron chi connectivity index (χ4n) is 1.10. The summed E-state index contributed by atoms with van der Waals surface area (Å²) in [5.41, 5.74) is 2.11. The number of likely N-dealkylation sites (N-methyl/N-ethyl adjacent to an activating group) is 1. The first-order valence-electron chi connectivity index (χ1n) is 4.81. The zero-order valence-electron chi connectivity index (χ0n) is 9.04. The number of carbonyl (C=O) groups is 1. The molecule has 1 aromatic carbocycles. The predicted octanol–water partition coefficient (Wildman–Crippen LogP) is 0.991. The SMILES string of the molecule is CNC(=O)COCc1ccc(NC)cc1. The van der Waals surface area contributed by atoms with Crippen molar-refractivity contribution in [3.63, 3.8) is 0 Å². The first kappa shape index (κ1) is 11.5. The fraction of sp³-hybridized carbons (Fsp3) is 0.364. The molecular formula is C11H16N2O2. The van der Waals surface area contributed by atoms with Gasteiger partial charge in [-0.25, -0.2) is 0 Å². The number of nitrogens with one attached hydrogen (secondary N) is 2. The van der Waals surface area contributed by atoms with Crippen molar-refractivity contribution in [2.24, 2.45) is 0 Å². The number of hydrogen-bond donors (Lipinski definition) is 2. The van der Waals surface area contributed by atoms with E-state index in [0.717, 1.165) is 11.3 Å². The van der Waals surface area contributed by atoms with Gasteiger partial charge < -0.3 is 15.4 Å². The summed E-state index contributed by atoms with van der Waals surface area (Å²) in [6.07, 6.45) is 0. The molecule has 82 valence electrons. The second-order valence-corrected chi connectivity index (χ2v) is 3.11. The Bertz CT molecular complexity index is 309. The minimum atomic E-state index is -0.109. The van der Waals surface area contributed by atoms with Crippen LogP contribution in [0.2, 0.25) is 0 Å². The molecule has 0 spiro atoms. The van der Waals surface area contributed by atoms with Crippen molar-refractivity contribution in [1.29, 1.82) is 0 Å². The van der Waals surface area contributed by atoms with E-state index in [4.69, 9.17) is 4.74 Å². The number of rotatable bonds is 5. The summed E-state index contributed by atoms with van der Waals surface area (Å²) < 4.78 is 5.21. The minimum absolute atomic E-state index is 0.101. The Labute approximate surface area is 89.6 Å². The van der Waals surface area contributed by atoms with Gasteiger partial charge in [0.25, 0.3) is 0 Å². The molecule has 0 aliphatic heterocycles. The van der Waals surface area contributed by atoms with Crippen LogP contribution in [0.15, 0.2) is 24.3 Å². The van der Waals surface area contributed by atoms with Crippen LogP contribution in [-0.4, -0.2) is 26.6 Å². The fourth-order valence-corrected chi connectivity index (χ4v) is 1.10. The lowest BCUT2D eigenvalue weighted by molar-refractivity contribution is -0.125. The normalized spacial score (nSPS) is 9.73. The van der Waals surface area contributed by atoms with E-state index in [0.29, 0.717) is 6.61 Å². The van der Waals surface area contributed by atoms with E-state index in [-0.39, 0.29) is 12.5 Å². The Morgan fingerprint density at radius 2 is 1.93 bits per heavy atom. The van der Waals surface area contributed by atoms with E-state index >= 15 is 0 Å². The molecule has 4 heteroatoms. The Hall–Kier alpha value is -1.55. The highest BCUT2D eigenvalue weighted by molar-refractivity contribution is 5.76. The minimum Gasteiger partial charge on any atom is -0.388 e. The average Bonchev–Trinajstić information content (AvgIpc) is 2.29. The topological polar surface area (TPSA) is 50.4 Å². The second kappa shape index (κ2) is 6.03. The van der Waals surface area contributed by atoms with Crippen molar-refractivity contribution in [2.75, 3.05) is 26.0 Å². The molecule has 0 radical (unpaired) electrons. The van der Waals surface area contributed by atoms with Crippen LogP contribution in [0, 0.1) is 0 Å². The van der Waals surface area contributed by atoms with Crippen molar-refractivity contribution >= 4 is 11.6 Å². The van der Waals surface area contributed by atoms with E-state index in [1.807, 2.05) is 31.3 Å². The van der Waals surface area contributed by atoms with Crippen molar-refractivity contribution in [3.05, 3.63) is 29.8 Å². The number of carbonyl (C=O) groups excluding carboxylic acids is 1. The van der Waals surface area contributed by atoms with Crippen molar-refractivity contribution < 1.29 is 9.53 Å². The van der Waals surface area contributed by atoms with Crippen molar-refractivity contribution in [2.45, 2.75) is 6.61 Å². The highest BCUT2D eigenvalue weighted by atomic mass is 16.5. The van der Waals surface area contributed by atoms with Crippen LogP contribution in [0.25, 0.3) is 0 Å². The largest absolute Gasteiger partial charge is 0.388 e. The smallest absolute Gasteiger partial charge is 0.245 e. The maximum absolute atomic E-state index is 10.9. The molecule has 1 amide bonds. The maximum atomic E-state index is 10.9. The number of hydrogen-bond acceptors (Lipinski definition) is 3. The summed E-state index contributed by atoms with van der Waals surface area (Å²) in [7, 11) is 3.46. The lowest BCUT2D eigenvalue weighted by Gasteiger charge is -2.04. The third-order valence-corrected chi connectivity index (χ3v) is 2.02. The highest BCUT2D eigenvalue weighted by Crippen LogP contribution is 2.09. The Morgan fingerprint density at radius 1 is 1.27 bits per heavy atom. The molecule has 15 heavy (non-hydrogen) atoms. The van der Waals surface area contributed by atoms with Crippen LogP contribution < -0.4 is 10.6 Å². The number of ether oxygens (including phenoxy) is 1. The van der Waals surface area contributed by atoms with Crippen LogP contribution in [0.4, 0.5) is 5.69 Å². The lowest BCUT2D eigenvalue weighted by atomic mass is 10.2. The Kier molecular flexibility index (Phi) is 4.63. The third-order valence-electron chi connectivity index (χ3n) is 2.02. The second-order valence-electron chi connectivity index (χ2n) is 3.11. The summed E-state index contributed by atoms with van der Waals surface area (Å²) in [4.78, 5) is 10.9. The van der Waals surface area contributed by atoms with Gasteiger partial charge in [-0.15, -0.1) is 0 Å². The maximum Gasteiger partial charge on any atom is 0.245 e. The van der Waals surface area contributed by atoms with Gasteiger partial charge >= 0.3 is 0 Å². The number of benzene rings is 1. The Morgan fingerprint density at radius 3 is 2.47 bits per heavy atom. The summed E-state index contributed by atoms with van der Waals surface area (Å²) in [6, 6.07) is 7.88. The van der Waals surface area contributed by atoms with Crippen molar-refractivity contribution in [1.82, 2.24) is 5.32 Å². The predicted molar refractivity (Wildman–Crippen MR) is 59.7 cm³/mol. The number of anilines is 1.